The molecule has 112 valence electrons. The van der Waals surface area contributed by atoms with Gasteiger partial charge in [-0.05, 0) is 18.9 Å². The normalized spacial score (nSPS) is 25.0. The number of benzene rings is 1. The van der Waals surface area contributed by atoms with Gasteiger partial charge in [0.25, 0.3) is 5.69 Å². The van der Waals surface area contributed by atoms with Crippen LogP contribution in [0.3, 0.4) is 0 Å². The maximum atomic E-state index is 10.9. The van der Waals surface area contributed by atoms with Crippen molar-refractivity contribution in [3.63, 3.8) is 0 Å². The summed E-state index contributed by atoms with van der Waals surface area (Å²) in [5.41, 5.74) is 1.15. The van der Waals surface area contributed by atoms with Crippen LogP contribution >= 0.6 is 0 Å². The summed E-state index contributed by atoms with van der Waals surface area (Å²) in [6.45, 7) is 1.94. The zero-order chi connectivity index (χ0) is 14.5. The highest BCUT2D eigenvalue weighted by molar-refractivity contribution is 5.50. The maximum absolute atomic E-state index is 10.9. The Balaban J connectivity index is 1.60. The number of rotatable bonds is 1. The fourth-order valence-corrected chi connectivity index (χ4v) is 3.78. The van der Waals surface area contributed by atoms with E-state index >= 15 is 0 Å². The van der Waals surface area contributed by atoms with Crippen molar-refractivity contribution in [1.29, 1.82) is 0 Å². The van der Waals surface area contributed by atoms with Gasteiger partial charge in [0.15, 0.2) is 5.79 Å². The zero-order valence-corrected chi connectivity index (χ0v) is 11.7. The standard InChI is InChI=1S/C15H17NO5/c17-16(18)11-1-2-12-13(9-11)19-10-14(12)3-5-15(6-4-14)20-7-8-21-15/h1-2,9H,3-8,10H2. The Morgan fingerprint density at radius 1 is 1.10 bits per heavy atom. The summed E-state index contributed by atoms with van der Waals surface area (Å²) in [6.07, 6.45) is 3.56. The first-order valence-electron chi connectivity index (χ1n) is 7.32. The minimum atomic E-state index is -0.394. The molecule has 6 nitrogen and oxygen atoms in total. The van der Waals surface area contributed by atoms with Crippen molar-refractivity contribution >= 4 is 5.69 Å². The van der Waals surface area contributed by atoms with Crippen LogP contribution in [0.4, 0.5) is 5.69 Å². The number of nitro groups is 1. The third kappa shape index (κ3) is 1.93. The second-order valence-electron chi connectivity index (χ2n) is 6.11. The van der Waals surface area contributed by atoms with Crippen molar-refractivity contribution in [2.75, 3.05) is 19.8 Å². The van der Waals surface area contributed by atoms with Gasteiger partial charge in [0.05, 0.1) is 30.8 Å². The van der Waals surface area contributed by atoms with Crippen LogP contribution in [0.1, 0.15) is 31.2 Å². The van der Waals surface area contributed by atoms with Crippen molar-refractivity contribution in [3.8, 4) is 5.75 Å². The predicted octanol–water partition coefficient (Wildman–Crippen LogP) is 2.54. The van der Waals surface area contributed by atoms with Gasteiger partial charge in [0, 0.05) is 29.9 Å². The Morgan fingerprint density at radius 2 is 1.81 bits per heavy atom. The van der Waals surface area contributed by atoms with Crippen LogP contribution in [0.5, 0.6) is 5.75 Å². The number of hydrogen-bond donors (Lipinski definition) is 0. The molecule has 2 spiro atoms. The molecule has 2 heterocycles. The third-order valence-corrected chi connectivity index (χ3v) is 5.03. The van der Waals surface area contributed by atoms with E-state index in [-0.39, 0.29) is 16.0 Å². The minimum Gasteiger partial charge on any atom is -0.492 e. The van der Waals surface area contributed by atoms with E-state index in [0.29, 0.717) is 25.6 Å². The second kappa shape index (κ2) is 4.42. The molecule has 2 fully saturated rings. The molecule has 6 heteroatoms. The highest BCUT2D eigenvalue weighted by Crippen LogP contribution is 2.52. The first-order valence-corrected chi connectivity index (χ1v) is 7.32. The van der Waals surface area contributed by atoms with Crippen molar-refractivity contribution in [3.05, 3.63) is 33.9 Å². The van der Waals surface area contributed by atoms with Gasteiger partial charge < -0.3 is 14.2 Å². The van der Waals surface area contributed by atoms with Crippen LogP contribution in [0, 0.1) is 10.1 Å². The molecule has 4 rings (SSSR count). The van der Waals surface area contributed by atoms with Crippen molar-refractivity contribution in [2.45, 2.75) is 36.9 Å². The SMILES string of the molecule is O=[N+]([O-])c1ccc2c(c1)OCC21CCC2(CC1)OCCO2. The third-order valence-electron chi connectivity index (χ3n) is 5.03. The molecule has 21 heavy (non-hydrogen) atoms. The van der Waals surface area contributed by atoms with Gasteiger partial charge in [0.2, 0.25) is 0 Å². The Hall–Kier alpha value is -1.66. The fraction of sp³-hybridized carbons (Fsp3) is 0.600. The zero-order valence-electron chi connectivity index (χ0n) is 11.7. The highest BCUT2D eigenvalue weighted by Gasteiger charge is 2.50. The molecule has 1 aliphatic carbocycles. The molecule has 0 atom stereocenters. The van der Waals surface area contributed by atoms with Crippen LogP contribution in [0.25, 0.3) is 0 Å². The molecule has 0 unspecified atom stereocenters. The van der Waals surface area contributed by atoms with E-state index in [1.54, 1.807) is 6.07 Å². The molecule has 1 aromatic carbocycles. The van der Waals surface area contributed by atoms with E-state index in [0.717, 1.165) is 31.2 Å². The molecular weight excluding hydrogens is 274 g/mol. The van der Waals surface area contributed by atoms with E-state index < -0.39 is 5.79 Å². The van der Waals surface area contributed by atoms with E-state index in [1.165, 1.54) is 6.07 Å². The summed E-state index contributed by atoms with van der Waals surface area (Å²) in [5.74, 6) is 0.266. The van der Waals surface area contributed by atoms with Crippen LogP contribution in [-0.2, 0) is 14.9 Å². The summed E-state index contributed by atoms with van der Waals surface area (Å²) in [6, 6.07) is 4.97. The molecule has 0 radical (unpaired) electrons. The first kappa shape index (κ1) is 13.0. The van der Waals surface area contributed by atoms with Gasteiger partial charge >= 0.3 is 0 Å². The molecule has 0 amide bonds. The van der Waals surface area contributed by atoms with Crippen LogP contribution in [0.15, 0.2) is 18.2 Å². The quantitative estimate of drug-likeness (QED) is 0.587. The molecule has 3 aliphatic rings. The second-order valence-corrected chi connectivity index (χ2v) is 6.11. The summed E-state index contributed by atoms with van der Waals surface area (Å²) < 4.78 is 17.3. The number of nitrogens with zero attached hydrogens (tertiary/aromatic N) is 1. The van der Waals surface area contributed by atoms with Gasteiger partial charge in [-0.25, -0.2) is 0 Å². The molecule has 0 N–H and O–H groups in total. The number of ether oxygens (including phenoxy) is 3. The molecule has 1 saturated carbocycles. The summed E-state index contributed by atoms with van der Waals surface area (Å²) in [4.78, 5) is 10.5. The average molecular weight is 291 g/mol. The Labute approximate surface area is 122 Å². The lowest BCUT2D eigenvalue weighted by Crippen LogP contribution is -2.42. The van der Waals surface area contributed by atoms with Crippen molar-refractivity contribution in [1.82, 2.24) is 0 Å². The van der Waals surface area contributed by atoms with Crippen LogP contribution in [-0.4, -0.2) is 30.5 Å². The van der Waals surface area contributed by atoms with Gasteiger partial charge in [-0.15, -0.1) is 0 Å². The smallest absolute Gasteiger partial charge is 0.273 e. The number of hydrogen-bond acceptors (Lipinski definition) is 5. The maximum Gasteiger partial charge on any atom is 0.273 e. The first-order chi connectivity index (χ1) is 10.1. The monoisotopic (exact) mass is 291 g/mol. The van der Waals surface area contributed by atoms with E-state index in [2.05, 4.69) is 0 Å². The van der Waals surface area contributed by atoms with E-state index in [1.807, 2.05) is 6.07 Å². The molecular formula is C15H17NO5. The molecule has 0 bridgehead atoms. The lowest BCUT2D eigenvalue weighted by atomic mass is 9.69. The van der Waals surface area contributed by atoms with Crippen molar-refractivity contribution in [2.24, 2.45) is 0 Å². The lowest BCUT2D eigenvalue weighted by molar-refractivity contribution is -0.384. The Morgan fingerprint density at radius 3 is 2.48 bits per heavy atom. The summed E-state index contributed by atoms with van der Waals surface area (Å²) in [5, 5.41) is 10.9. The molecule has 1 saturated heterocycles. The highest BCUT2D eigenvalue weighted by atomic mass is 16.7. The van der Waals surface area contributed by atoms with E-state index in [9.17, 15) is 10.1 Å². The number of nitro benzene ring substituents is 1. The Kier molecular flexibility index (Phi) is 2.74. The lowest BCUT2D eigenvalue weighted by Gasteiger charge is -2.40. The van der Waals surface area contributed by atoms with Crippen molar-refractivity contribution < 1.29 is 19.1 Å². The van der Waals surface area contributed by atoms with Crippen LogP contribution < -0.4 is 4.74 Å². The largest absolute Gasteiger partial charge is 0.492 e. The summed E-state index contributed by atoms with van der Waals surface area (Å²) >= 11 is 0. The van der Waals surface area contributed by atoms with Gasteiger partial charge in [0.1, 0.15) is 5.75 Å². The number of non-ortho nitro benzene ring substituents is 1. The minimum absolute atomic E-state index is 0.0367. The van der Waals surface area contributed by atoms with Gasteiger partial charge in [-0.3, -0.25) is 10.1 Å². The fourth-order valence-electron chi connectivity index (χ4n) is 3.78. The van der Waals surface area contributed by atoms with E-state index in [4.69, 9.17) is 14.2 Å². The Bertz CT molecular complexity index is 584. The molecule has 1 aromatic rings. The average Bonchev–Trinajstić information content (AvgIpc) is 3.08. The predicted molar refractivity (Wildman–Crippen MR) is 73.4 cm³/mol. The van der Waals surface area contributed by atoms with Crippen LogP contribution in [0.2, 0.25) is 0 Å². The van der Waals surface area contributed by atoms with Gasteiger partial charge in [-0.1, -0.05) is 0 Å². The number of fused-ring (bicyclic) bond motifs is 2. The molecule has 2 aliphatic heterocycles. The topological polar surface area (TPSA) is 70.8 Å². The summed E-state index contributed by atoms with van der Waals surface area (Å²) in [7, 11) is 0. The van der Waals surface area contributed by atoms with Gasteiger partial charge in [-0.2, -0.15) is 0 Å². The molecule has 0 aromatic heterocycles.